The Bertz CT molecular complexity index is 685. The van der Waals surface area contributed by atoms with Gasteiger partial charge in [-0.3, -0.25) is 14.9 Å². The van der Waals surface area contributed by atoms with E-state index in [-0.39, 0.29) is 22.3 Å². The summed E-state index contributed by atoms with van der Waals surface area (Å²) >= 11 is 3.02. The molecule has 0 spiro atoms. The van der Waals surface area contributed by atoms with Crippen molar-refractivity contribution in [2.75, 3.05) is 12.8 Å². The van der Waals surface area contributed by atoms with Crippen molar-refractivity contribution < 1.29 is 18.1 Å². The number of amides is 1. The first-order chi connectivity index (χ1) is 9.45. The Kier molecular flexibility index (Phi) is 5.11. The fraction of sp³-hybridized carbons (Fsp3) is 0.417. The number of nitro groups is 1. The Morgan fingerprint density at radius 3 is 2.48 bits per heavy atom. The third kappa shape index (κ3) is 4.24. The van der Waals surface area contributed by atoms with E-state index < -0.39 is 25.4 Å². The number of hydrogen-bond acceptors (Lipinski definition) is 5. The van der Waals surface area contributed by atoms with Crippen molar-refractivity contribution >= 4 is 37.4 Å². The zero-order valence-corrected chi connectivity index (χ0v) is 14.1. The highest BCUT2D eigenvalue weighted by Crippen LogP contribution is 2.25. The molecule has 0 aromatic heterocycles. The first kappa shape index (κ1) is 17.6. The zero-order valence-electron chi connectivity index (χ0n) is 11.7. The summed E-state index contributed by atoms with van der Waals surface area (Å²) in [6.45, 7) is 2.90. The second kappa shape index (κ2) is 6.10. The Morgan fingerprint density at radius 1 is 1.43 bits per heavy atom. The number of halogens is 1. The van der Waals surface area contributed by atoms with E-state index in [1.807, 2.05) is 0 Å². The fourth-order valence-corrected chi connectivity index (χ4v) is 2.05. The summed E-state index contributed by atoms with van der Waals surface area (Å²) in [5.74, 6) is -0.567. The average molecular weight is 379 g/mol. The molecular weight excluding hydrogens is 364 g/mol. The predicted molar refractivity (Wildman–Crippen MR) is 82.1 cm³/mol. The summed E-state index contributed by atoms with van der Waals surface area (Å²) in [6.07, 6.45) is 1.09. The van der Waals surface area contributed by atoms with Gasteiger partial charge in [-0.2, -0.15) is 0 Å². The van der Waals surface area contributed by atoms with Crippen LogP contribution in [0.1, 0.15) is 24.2 Å². The van der Waals surface area contributed by atoms with Crippen LogP contribution in [0.15, 0.2) is 22.7 Å². The molecule has 0 bridgehead atoms. The molecule has 1 N–H and O–H groups in total. The largest absolute Gasteiger partial charge is 0.350 e. The van der Waals surface area contributed by atoms with Crippen LogP contribution in [0.5, 0.6) is 0 Å². The maximum Gasteiger partial charge on any atom is 0.284 e. The van der Waals surface area contributed by atoms with Gasteiger partial charge in [0.2, 0.25) is 0 Å². The molecule has 1 rings (SSSR count). The van der Waals surface area contributed by atoms with Gasteiger partial charge in [0, 0.05) is 24.4 Å². The molecule has 1 aromatic carbocycles. The molecule has 1 amide bonds. The molecule has 0 aliphatic rings. The molecule has 0 unspecified atom stereocenters. The third-order valence-corrected chi connectivity index (χ3v) is 5.91. The summed E-state index contributed by atoms with van der Waals surface area (Å²) in [4.78, 5) is 22.2. The van der Waals surface area contributed by atoms with Gasteiger partial charge in [0.05, 0.1) is 14.1 Å². The molecule has 21 heavy (non-hydrogen) atoms. The number of nitrogens with one attached hydrogen (secondary N) is 1. The number of carbonyl (C=O) groups excluding carboxylic acids is 1. The van der Waals surface area contributed by atoms with Crippen molar-refractivity contribution in [3.05, 3.63) is 38.3 Å². The van der Waals surface area contributed by atoms with Gasteiger partial charge < -0.3 is 5.32 Å². The highest BCUT2D eigenvalue weighted by Gasteiger charge is 2.30. The number of rotatable bonds is 5. The summed E-state index contributed by atoms with van der Waals surface area (Å²) < 4.78 is 22.2. The number of carbonyl (C=O) groups is 1. The molecule has 0 aliphatic heterocycles. The fourth-order valence-electron chi connectivity index (χ4n) is 1.32. The van der Waals surface area contributed by atoms with Crippen LogP contribution < -0.4 is 5.32 Å². The van der Waals surface area contributed by atoms with E-state index in [9.17, 15) is 23.3 Å². The standard InChI is InChI=1S/C12H15BrN2O5S/c1-12(2,21(3,19)20)7-14-11(16)8-4-5-9(13)10(6-8)15(17)18/h4-6H,7H2,1-3H3,(H,14,16). The van der Waals surface area contributed by atoms with Crippen molar-refractivity contribution in [2.24, 2.45) is 0 Å². The van der Waals surface area contributed by atoms with Gasteiger partial charge in [-0.25, -0.2) is 8.42 Å². The smallest absolute Gasteiger partial charge is 0.284 e. The van der Waals surface area contributed by atoms with Crippen molar-refractivity contribution in [2.45, 2.75) is 18.6 Å². The molecule has 0 heterocycles. The van der Waals surface area contributed by atoms with Gasteiger partial charge in [-0.1, -0.05) is 0 Å². The minimum Gasteiger partial charge on any atom is -0.350 e. The number of benzene rings is 1. The molecule has 0 aliphatic carbocycles. The van der Waals surface area contributed by atoms with Crippen LogP contribution >= 0.6 is 15.9 Å². The molecular formula is C12H15BrN2O5S. The first-order valence-corrected chi connectivity index (χ1v) is 8.56. The lowest BCUT2D eigenvalue weighted by molar-refractivity contribution is -0.385. The van der Waals surface area contributed by atoms with Crippen LogP contribution in [0.25, 0.3) is 0 Å². The van der Waals surface area contributed by atoms with E-state index >= 15 is 0 Å². The van der Waals surface area contributed by atoms with E-state index in [4.69, 9.17) is 0 Å². The quantitative estimate of drug-likeness (QED) is 0.621. The molecule has 0 saturated heterocycles. The lowest BCUT2D eigenvalue weighted by atomic mass is 10.1. The highest BCUT2D eigenvalue weighted by molar-refractivity contribution is 9.10. The highest BCUT2D eigenvalue weighted by atomic mass is 79.9. The summed E-state index contributed by atoms with van der Waals surface area (Å²) in [6, 6.07) is 3.95. The first-order valence-electron chi connectivity index (χ1n) is 5.87. The van der Waals surface area contributed by atoms with Crippen LogP contribution in [0, 0.1) is 10.1 Å². The van der Waals surface area contributed by atoms with Crippen LogP contribution in [0.2, 0.25) is 0 Å². The molecule has 9 heteroatoms. The Balaban J connectivity index is 2.92. The second-order valence-corrected chi connectivity index (χ2v) is 8.64. The van der Waals surface area contributed by atoms with Crippen molar-refractivity contribution in [1.29, 1.82) is 0 Å². The normalized spacial score (nSPS) is 12.0. The molecule has 116 valence electrons. The van der Waals surface area contributed by atoms with Crippen LogP contribution in [0.4, 0.5) is 5.69 Å². The SMILES string of the molecule is CC(C)(CNC(=O)c1ccc(Br)c([N+](=O)[O-])c1)S(C)(=O)=O. The van der Waals surface area contributed by atoms with Crippen LogP contribution in [-0.2, 0) is 9.84 Å². The molecule has 0 saturated carbocycles. The maximum atomic E-state index is 12.0. The summed E-state index contributed by atoms with van der Waals surface area (Å²) in [5.41, 5.74) is -0.140. The van der Waals surface area contributed by atoms with Crippen molar-refractivity contribution in [3.63, 3.8) is 0 Å². The maximum absolute atomic E-state index is 12.0. The Morgan fingerprint density at radius 2 is 2.00 bits per heavy atom. The molecule has 0 radical (unpaired) electrons. The van der Waals surface area contributed by atoms with E-state index in [0.29, 0.717) is 0 Å². The predicted octanol–water partition coefficient (Wildman–Crippen LogP) is 1.91. The number of nitrogens with zero attached hydrogens (tertiary/aromatic N) is 1. The monoisotopic (exact) mass is 378 g/mol. The topological polar surface area (TPSA) is 106 Å². The molecule has 0 atom stereocenters. The van der Waals surface area contributed by atoms with Gasteiger partial charge in [0.25, 0.3) is 11.6 Å². The number of hydrogen-bond donors (Lipinski definition) is 1. The molecule has 7 nitrogen and oxygen atoms in total. The Hall–Kier alpha value is -1.48. The van der Waals surface area contributed by atoms with E-state index in [0.717, 1.165) is 12.3 Å². The third-order valence-electron chi connectivity index (χ3n) is 3.08. The zero-order chi connectivity index (χ0) is 16.4. The Labute approximate surface area is 130 Å². The van der Waals surface area contributed by atoms with Gasteiger partial charge in [0.15, 0.2) is 9.84 Å². The van der Waals surface area contributed by atoms with E-state index in [1.54, 1.807) is 0 Å². The van der Waals surface area contributed by atoms with E-state index in [1.165, 1.54) is 26.0 Å². The molecule has 1 aromatic rings. The van der Waals surface area contributed by atoms with Crippen molar-refractivity contribution in [1.82, 2.24) is 5.32 Å². The lowest BCUT2D eigenvalue weighted by Crippen LogP contribution is -2.43. The number of nitro benzene ring substituents is 1. The average Bonchev–Trinajstić information content (AvgIpc) is 2.34. The van der Waals surface area contributed by atoms with Gasteiger partial charge in [0.1, 0.15) is 0 Å². The van der Waals surface area contributed by atoms with Crippen LogP contribution in [0.3, 0.4) is 0 Å². The minimum atomic E-state index is -3.34. The van der Waals surface area contributed by atoms with E-state index in [2.05, 4.69) is 21.2 Å². The summed E-state index contributed by atoms with van der Waals surface area (Å²) in [7, 11) is -3.34. The summed E-state index contributed by atoms with van der Waals surface area (Å²) in [5, 5.41) is 13.3. The molecule has 0 fully saturated rings. The van der Waals surface area contributed by atoms with Gasteiger partial charge in [-0.05, 0) is 41.9 Å². The lowest BCUT2D eigenvalue weighted by Gasteiger charge is -2.22. The van der Waals surface area contributed by atoms with Gasteiger partial charge >= 0.3 is 0 Å². The second-order valence-electron chi connectivity index (χ2n) is 5.14. The van der Waals surface area contributed by atoms with Crippen molar-refractivity contribution in [3.8, 4) is 0 Å². The number of sulfone groups is 1. The van der Waals surface area contributed by atoms with Gasteiger partial charge in [-0.15, -0.1) is 0 Å². The van der Waals surface area contributed by atoms with Crippen LogP contribution in [-0.4, -0.2) is 36.8 Å². The minimum absolute atomic E-state index is 0.0888.